The predicted octanol–water partition coefficient (Wildman–Crippen LogP) is 3.83. The first-order chi connectivity index (χ1) is 11.3. The first kappa shape index (κ1) is 17.9. The number of carbonyl (C=O) groups is 1. The number of benzene rings is 2. The van der Waals surface area contributed by atoms with Gasteiger partial charge < -0.3 is 15.7 Å². The van der Waals surface area contributed by atoms with Crippen LogP contribution in [0.4, 0.5) is 19.3 Å². The third-order valence-electron chi connectivity index (χ3n) is 3.97. The summed E-state index contributed by atoms with van der Waals surface area (Å²) in [6, 6.07) is 7.50. The lowest BCUT2D eigenvalue weighted by Crippen LogP contribution is -2.39. The van der Waals surface area contributed by atoms with E-state index in [2.05, 4.69) is 10.6 Å². The van der Waals surface area contributed by atoms with Crippen LogP contribution in [0.15, 0.2) is 36.4 Å². The van der Waals surface area contributed by atoms with Gasteiger partial charge >= 0.3 is 6.03 Å². The highest BCUT2D eigenvalue weighted by atomic mass is 19.2. The Morgan fingerprint density at radius 1 is 1.12 bits per heavy atom. The summed E-state index contributed by atoms with van der Waals surface area (Å²) in [5.74, 6) is -2.03. The predicted molar refractivity (Wildman–Crippen MR) is 88.9 cm³/mol. The van der Waals surface area contributed by atoms with Gasteiger partial charge in [0, 0.05) is 5.69 Å². The Morgan fingerprint density at radius 3 is 2.50 bits per heavy atom. The highest BCUT2D eigenvalue weighted by Crippen LogP contribution is 2.20. The average Bonchev–Trinajstić information content (AvgIpc) is 2.53. The number of hydrogen-bond donors (Lipinski definition) is 3. The number of anilines is 1. The molecule has 0 aliphatic carbocycles. The van der Waals surface area contributed by atoms with Gasteiger partial charge in [0.25, 0.3) is 0 Å². The SMILES string of the molecule is Cc1cccc(NC(=O)NC(C)C(O)c2ccc(F)c(F)c2)c1C. The molecule has 0 fully saturated rings. The largest absolute Gasteiger partial charge is 0.386 e. The Balaban J connectivity index is 2.02. The number of aliphatic hydroxyl groups excluding tert-OH is 1. The van der Waals surface area contributed by atoms with Gasteiger partial charge in [0.1, 0.15) is 0 Å². The number of carbonyl (C=O) groups excluding carboxylic acids is 1. The van der Waals surface area contributed by atoms with Crippen molar-refractivity contribution in [2.75, 3.05) is 5.32 Å². The van der Waals surface area contributed by atoms with Crippen LogP contribution in [0.2, 0.25) is 0 Å². The van der Waals surface area contributed by atoms with Crippen molar-refractivity contribution in [1.82, 2.24) is 5.32 Å². The van der Waals surface area contributed by atoms with Gasteiger partial charge in [-0.3, -0.25) is 0 Å². The van der Waals surface area contributed by atoms with E-state index >= 15 is 0 Å². The second-order valence-electron chi connectivity index (χ2n) is 5.75. The van der Waals surface area contributed by atoms with Crippen molar-refractivity contribution in [3.8, 4) is 0 Å². The van der Waals surface area contributed by atoms with Crippen LogP contribution >= 0.6 is 0 Å². The van der Waals surface area contributed by atoms with Crippen molar-refractivity contribution >= 4 is 11.7 Å². The number of nitrogens with one attached hydrogen (secondary N) is 2. The van der Waals surface area contributed by atoms with E-state index < -0.39 is 29.8 Å². The molecule has 24 heavy (non-hydrogen) atoms. The van der Waals surface area contributed by atoms with Crippen molar-refractivity contribution in [3.05, 3.63) is 64.7 Å². The maximum atomic E-state index is 13.2. The van der Waals surface area contributed by atoms with E-state index in [9.17, 15) is 18.7 Å². The maximum absolute atomic E-state index is 13.2. The highest BCUT2D eigenvalue weighted by molar-refractivity contribution is 5.90. The normalized spacial score (nSPS) is 13.2. The summed E-state index contributed by atoms with van der Waals surface area (Å²) < 4.78 is 26.2. The molecule has 3 N–H and O–H groups in total. The fourth-order valence-electron chi connectivity index (χ4n) is 2.32. The molecule has 0 saturated heterocycles. The van der Waals surface area contributed by atoms with E-state index in [1.807, 2.05) is 26.0 Å². The number of halogens is 2. The second-order valence-corrected chi connectivity index (χ2v) is 5.75. The lowest BCUT2D eigenvalue weighted by molar-refractivity contribution is 0.138. The quantitative estimate of drug-likeness (QED) is 0.796. The van der Waals surface area contributed by atoms with Crippen LogP contribution in [0.5, 0.6) is 0 Å². The van der Waals surface area contributed by atoms with Crippen molar-refractivity contribution in [3.63, 3.8) is 0 Å². The average molecular weight is 334 g/mol. The Morgan fingerprint density at radius 2 is 1.83 bits per heavy atom. The molecule has 2 unspecified atom stereocenters. The number of rotatable bonds is 4. The van der Waals surface area contributed by atoms with Crippen molar-refractivity contribution < 1.29 is 18.7 Å². The first-order valence-electron chi connectivity index (χ1n) is 7.56. The molecular weight excluding hydrogens is 314 g/mol. The van der Waals surface area contributed by atoms with Crippen LogP contribution in [0, 0.1) is 25.5 Å². The smallest absolute Gasteiger partial charge is 0.319 e. The van der Waals surface area contributed by atoms with E-state index in [1.165, 1.54) is 6.07 Å². The Labute approximate surface area is 139 Å². The van der Waals surface area contributed by atoms with E-state index in [0.29, 0.717) is 5.69 Å². The molecule has 2 aromatic carbocycles. The molecule has 0 spiro atoms. The van der Waals surface area contributed by atoms with Gasteiger partial charge in [0.2, 0.25) is 0 Å². The third-order valence-corrected chi connectivity index (χ3v) is 3.97. The summed E-state index contributed by atoms with van der Waals surface area (Å²) in [5.41, 5.74) is 2.85. The monoisotopic (exact) mass is 334 g/mol. The zero-order valence-corrected chi connectivity index (χ0v) is 13.7. The molecule has 0 heterocycles. The standard InChI is InChI=1S/C18H20F2N2O2/c1-10-5-4-6-16(11(10)2)22-18(24)21-12(3)17(23)13-7-8-14(19)15(20)9-13/h4-9,12,17,23H,1-3H3,(H2,21,22,24). The van der Waals surface area contributed by atoms with Crippen LogP contribution in [0.3, 0.4) is 0 Å². The number of hydrogen-bond acceptors (Lipinski definition) is 2. The van der Waals surface area contributed by atoms with Gasteiger partial charge in [-0.05, 0) is 55.7 Å². The van der Waals surface area contributed by atoms with Crippen molar-refractivity contribution in [2.24, 2.45) is 0 Å². The number of aliphatic hydroxyl groups is 1. The second kappa shape index (κ2) is 7.40. The minimum absolute atomic E-state index is 0.188. The summed E-state index contributed by atoms with van der Waals surface area (Å²) in [7, 11) is 0. The summed E-state index contributed by atoms with van der Waals surface area (Å²) in [6.07, 6.45) is -1.16. The third kappa shape index (κ3) is 4.08. The fraction of sp³-hybridized carbons (Fsp3) is 0.278. The zero-order chi connectivity index (χ0) is 17.9. The molecular formula is C18H20F2N2O2. The van der Waals surface area contributed by atoms with Crippen LogP contribution in [-0.2, 0) is 0 Å². The van der Waals surface area contributed by atoms with Gasteiger partial charge in [-0.25, -0.2) is 13.6 Å². The molecule has 0 aliphatic rings. The highest BCUT2D eigenvalue weighted by Gasteiger charge is 2.20. The van der Waals surface area contributed by atoms with Gasteiger partial charge in [0.05, 0.1) is 12.1 Å². The van der Waals surface area contributed by atoms with Gasteiger partial charge in [-0.2, -0.15) is 0 Å². The Hall–Kier alpha value is -2.47. The van der Waals surface area contributed by atoms with Crippen LogP contribution in [-0.4, -0.2) is 17.2 Å². The number of amides is 2. The lowest BCUT2D eigenvalue weighted by atomic mass is 10.0. The summed E-state index contributed by atoms with van der Waals surface area (Å²) in [4.78, 5) is 12.1. The Kier molecular flexibility index (Phi) is 5.51. The molecule has 0 radical (unpaired) electrons. The molecule has 6 heteroatoms. The lowest BCUT2D eigenvalue weighted by Gasteiger charge is -2.21. The summed E-state index contributed by atoms with van der Waals surface area (Å²) in [6.45, 7) is 5.41. The van der Waals surface area contributed by atoms with Crippen LogP contribution in [0.1, 0.15) is 29.7 Å². The summed E-state index contributed by atoms with van der Waals surface area (Å²) in [5, 5.41) is 15.5. The van der Waals surface area contributed by atoms with Crippen LogP contribution in [0.25, 0.3) is 0 Å². The Bertz CT molecular complexity index is 750. The van der Waals surface area contributed by atoms with Crippen LogP contribution < -0.4 is 10.6 Å². The van der Waals surface area contributed by atoms with E-state index in [1.54, 1.807) is 13.0 Å². The number of aryl methyl sites for hydroxylation is 1. The van der Waals surface area contributed by atoms with Crippen molar-refractivity contribution in [2.45, 2.75) is 32.9 Å². The molecule has 0 bridgehead atoms. The van der Waals surface area contributed by atoms with Crippen molar-refractivity contribution in [1.29, 1.82) is 0 Å². The minimum atomic E-state index is -1.16. The molecule has 0 aliphatic heterocycles. The topological polar surface area (TPSA) is 61.4 Å². The number of urea groups is 1. The molecule has 4 nitrogen and oxygen atoms in total. The maximum Gasteiger partial charge on any atom is 0.319 e. The van der Waals surface area contributed by atoms with E-state index in [-0.39, 0.29) is 5.56 Å². The molecule has 128 valence electrons. The molecule has 2 atom stereocenters. The molecule has 2 amide bonds. The summed E-state index contributed by atoms with van der Waals surface area (Å²) >= 11 is 0. The molecule has 0 aromatic heterocycles. The van der Waals surface area contributed by atoms with Gasteiger partial charge in [-0.1, -0.05) is 18.2 Å². The van der Waals surface area contributed by atoms with Gasteiger partial charge in [-0.15, -0.1) is 0 Å². The molecule has 0 saturated carbocycles. The zero-order valence-electron chi connectivity index (χ0n) is 13.7. The van der Waals surface area contributed by atoms with Gasteiger partial charge in [0.15, 0.2) is 11.6 Å². The molecule has 2 aromatic rings. The van der Waals surface area contributed by atoms with E-state index in [0.717, 1.165) is 23.3 Å². The first-order valence-corrected chi connectivity index (χ1v) is 7.56. The fourth-order valence-corrected chi connectivity index (χ4v) is 2.32. The minimum Gasteiger partial charge on any atom is -0.386 e. The van der Waals surface area contributed by atoms with E-state index in [4.69, 9.17) is 0 Å². The molecule has 2 rings (SSSR count).